The molecule has 0 saturated heterocycles. The first kappa shape index (κ1) is 57.0. The first-order valence-electron chi connectivity index (χ1n) is 25.5. The molecule has 1 amide bonds. The third-order valence-electron chi connectivity index (χ3n) is 12.1. The third kappa shape index (κ3) is 43.1. The maximum absolute atomic E-state index is 12.7. The number of carbonyl (C=O) groups excluding carboxylic acids is 1. The highest BCUT2D eigenvalue weighted by Crippen LogP contribution is 2.17. The highest BCUT2D eigenvalue weighted by Gasteiger charge is 2.28. The van der Waals surface area contributed by atoms with Gasteiger partial charge in [0.15, 0.2) is 0 Å². The van der Waals surface area contributed by atoms with Crippen molar-refractivity contribution in [3.8, 4) is 0 Å². The Balaban J connectivity index is 3.84. The molecular formula is C50H99NO6S. The first-order valence-corrected chi connectivity index (χ1v) is 27.1. The molecule has 58 heavy (non-hydrogen) atoms. The van der Waals surface area contributed by atoms with E-state index in [1.54, 1.807) is 0 Å². The van der Waals surface area contributed by atoms with Gasteiger partial charge < -0.3 is 15.5 Å². The number of aliphatic hydroxyl groups excluding tert-OH is 2. The average molecular weight is 842 g/mol. The van der Waals surface area contributed by atoms with Gasteiger partial charge in [-0.3, -0.25) is 9.35 Å². The molecule has 4 N–H and O–H groups in total. The van der Waals surface area contributed by atoms with Gasteiger partial charge in [-0.1, -0.05) is 251 Å². The molecule has 0 radical (unpaired) electrons. The number of nitrogens with one attached hydrogen (secondary N) is 1. The lowest BCUT2D eigenvalue weighted by Gasteiger charge is -2.24. The molecule has 0 aromatic heterocycles. The third-order valence-corrected chi connectivity index (χ3v) is 12.9. The van der Waals surface area contributed by atoms with E-state index in [9.17, 15) is 28.0 Å². The molecule has 0 aromatic rings. The van der Waals surface area contributed by atoms with Gasteiger partial charge in [0, 0.05) is 0 Å². The molecule has 346 valence electrons. The van der Waals surface area contributed by atoms with Crippen LogP contribution in [-0.2, 0) is 14.9 Å². The molecule has 0 fully saturated rings. The Morgan fingerprint density at radius 3 is 1.03 bits per heavy atom. The van der Waals surface area contributed by atoms with Crippen molar-refractivity contribution in [2.75, 3.05) is 5.75 Å². The summed E-state index contributed by atoms with van der Waals surface area (Å²) in [5.74, 6) is -1.45. The highest BCUT2D eigenvalue weighted by atomic mass is 32.2. The van der Waals surface area contributed by atoms with Gasteiger partial charge in [0.05, 0.1) is 17.9 Å². The van der Waals surface area contributed by atoms with Crippen molar-refractivity contribution in [3.05, 3.63) is 12.2 Å². The average Bonchev–Trinajstić information content (AvgIpc) is 3.19. The Hall–Kier alpha value is -0.960. The summed E-state index contributed by atoms with van der Waals surface area (Å²) < 4.78 is 32.8. The zero-order chi connectivity index (χ0) is 42.6. The second-order valence-electron chi connectivity index (χ2n) is 17.9. The van der Waals surface area contributed by atoms with Crippen LogP contribution < -0.4 is 5.32 Å². The van der Waals surface area contributed by atoms with Crippen LogP contribution in [0.2, 0.25) is 0 Å². The van der Waals surface area contributed by atoms with Gasteiger partial charge in [0.1, 0.15) is 6.10 Å². The number of rotatable bonds is 47. The van der Waals surface area contributed by atoms with E-state index in [1.807, 2.05) is 0 Å². The van der Waals surface area contributed by atoms with Gasteiger partial charge in [-0.2, -0.15) is 8.42 Å². The van der Waals surface area contributed by atoms with Gasteiger partial charge in [-0.25, -0.2) is 0 Å². The summed E-state index contributed by atoms with van der Waals surface area (Å²) in [5, 5.41) is 23.7. The van der Waals surface area contributed by atoms with E-state index < -0.39 is 40.0 Å². The van der Waals surface area contributed by atoms with Crippen molar-refractivity contribution < 1.29 is 28.0 Å². The molecule has 0 spiro atoms. The maximum atomic E-state index is 12.7. The molecule has 0 aliphatic carbocycles. The van der Waals surface area contributed by atoms with E-state index in [0.29, 0.717) is 19.3 Å². The van der Waals surface area contributed by atoms with Crippen LogP contribution in [0.5, 0.6) is 0 Å². The van der Waals surface area contributed by atoms with E-state index in [4.69, 9.17) is 0 Å². The van der Waals surface area contributed by atoms with Crippen LogP contribution in [0, 0.1) is 0 Å². The van der Waals surface area contributed by atoms with Crippen LogP contribution in [0.4, 0.5) is 0 Å². The van der Waals surface area contributed by atoms with Crippen molar-refractivity contribution in [2.45, 2.75) is 295 Å². The van der Waals surface area contributed by atoms with Crippen molar-refractivity contribution >= 4 is 16.0 Å². The van der Waals surface area contributed by atoms with Crippen LogP contribution in [0.15, 0.2) is 12.2 Å². The predicted octanol–water partition coefficient (Wildman–Crippen LogP) is 14.7. The molecule has 0 heterocycles. The van der Waals surface area contributed by atoms with E-state index in [-0.39, 0.29) is 0 Å². The van der Waals surface area contributed by atoms with Crippen LogP contribution in [0.25, 0.3) is 0 Å². The minimum atomic E-state index is -4.41. The molecular weight excluding hydrogens is 743 g/mol. The number of hydrogen-bond donors (Lipinski definition) is 4. The Bertz CT molecular complexity index is 989. The minimum absolute atomic E-state index is 0.293. The summed E-state index contributed by atoms with van der Waals surface area (Å²) in [6, 6.07) is -1.15. The van der Waals surface area contributed by atoms with E-state index in [1.165, 1.54) is 193 Å². The molecule has 7 nitrogen and oxygen atoms in total. The van der Waals surface area contributed by atoms with Crippen molar-refractivity contribution in [3.63, 3.8) is 0 Å². The molecule has 0 bridgehead atoms. The lowest BCUT2D eigenvalue weighted by atomic mass is 10.0. The lowest BCUT2D eigenvalue weighted by Crippen LogP contribution is -2.50. The van der Waals surface area contributed by atoms with Gasteiger partial charge in [0.2, 0.25) is 5.91 Å². The second-order valence-corrected chi connectivity index (χ2v) is 19.4. The molecule has 8 heteroatoms. The summed E-state index contributed by atoms with van der Waals surface area (Å²) >= 11 is 0. The molecule has 0 aliphatic heterocycles. The van der Waals surface area contributed by atoms with Crippen LogP contribution in [0.1, 0.15) is 277 Å². The Morgan fingerprint density at radius 1 is 0.448 bits per heavy atom. The van der Waals surface area contributed by atoms with Crippen LogP contribution >= 0.6 is 0 Å². The summed E-state index contributed by atoms with van der Waals surface area (Å²) in [5.41, 5.74) is 0. The number of aliphatic hydroxyl groups is 2. The van der Waals surface area contributed by atoms with Gasteiger partial charge in [-0.05, 0) is 38.5 Å². The van der Waals surface area contributed by atoms with Crippen molar-refractivity contribution in [1.29, 1.82) is 0 Å². The van der Waals surface area contributed by atoms with E-state index in [0.717, 1.165) is 51.4 Å². The highest BCUT2D eigenvalue weighted by molar-refractivity contribution is 7.85. The molecule has 0 aliphatic rings. The summed E-state index contributed by atoms with van der Waals surface area (Å²) in [6.07, 6.45) is 52.4. The van der Waals surface area contributed by atoms with Gasteiger partial charge >= 0.3 is 0 Å². The number of hydrogen-bond acceptors (Lipinski definition) is 5. The van der Waals surface area contributed by atoms with Crippen molar-refractivity contribution in [1.82, 2.24) is 5.32 Å². The molecule has 0 saturated carbocycles. The number of amides is 1. The van der Waals surface area contributed by atoms with Crippen LogP contribution in [0.3, 0.4) is 0 Å². The van der Waals surface area contributed by atoms with E-state index >= 15 is 0 Å². The fraction of sp³-hybridized carbons (Fsp3) is 0.940. The monoisotopic (exact) mass is 842 g/mol. The maximum Gasteiger partial charge on any atom is 0.266 e. The fourth-order valence-corrected chi connectivity index (χ4v) is 8.92. The predicted molar refractivity (Wildman–Crippen MR) is 250 cm³/mol. The Morgan fingerprint density at radius 2 is 0.724 bits per heavy atom. The zero-order valence-corrected chi connectivity index (χ0v) is 39.4. The molecule has 3 unspecified atom stereocenters. The lowest BCUT2D eigenvalue weighted by molar-refractivity contribution is -0.131. The standard InChI is InChI=1S/C50H99NO6S/c1-3-5-7-9-11-13-15-17-19-21-23-24-25-27-29-31-33-35-37-39-41-43-45-49(53)50(54)51-47(46-58(55,56)57)48(52)44-42-40-38-36-34-32-30-28-26-22-20-18-16-14-12-10-8-6-4-2/h27,29,47-49,52-53H,3-26,28,30-46H2,1-2H3,(H,51,54)(H,55,56,57)/b29-27-. The molecule has 0 aromatic carbocycles. The van der Waals surface area contributed by atoms with E-state index in [2.05, 4.69) is 31.3 Å². The Labute approximate surface area is 361 Å². The molecule has 3 atom stereocenters. The topological polar surface area (TPSA) is 124 Å². The number of unbranched alkanes of at least 4 members (excludes halogenated alkanes) is 36. The second kappa shape index (κ2) is 44.1. The normalized spacial score (nSPS) is 13.7. The molecule has 0 rings (SSSR count). The summed E-state index contributed by atoms with van der Waals surface area (Å²) in [7, 11) is -4.41. The SMILES string of the molecule is CCCCCCCCCCCCCC/C=C\CCCCCCCCC(O)C(=O)NC(CS(=O)(=O)O)C(O)CCCCCCCCCCCCCCCCCCCCC. The number of allylic oxidation sites excluding steroid dienone is 2. The van der Waals surface area contributed by atoms with Gasteiger partial charge in [-0.15, -0.1) is 0 Å². The largest absolute Gasteiger partial charge is 0.391 e. The number of carbonyl (C=O) groups is 1. The van der Waals surface area contributed by atoms with Crippen LogP contribution in [-0.4, -0.2) is 53.1 Å². The summed E-state index contributed by atoms with van der Waals surface area (Å²) in [6.45, 7) is 4.55. The Kier molecular flexibility index (Phi) is 43.4. The van der Waals surface area contributed by atoms with Crippen molar-refractivity contribution in [2.24, 2.45) is 0 Å². The summed E-state index contributed by atoms with van der Waals surface area (Å²) in [4.78, 5) is 12.7. The zero-order valence-electron chi connectivity index (χ0n) is 38.6. The van der Waals surface area contributed by atoms with Gasteiger partial charge in [0.25, 0.3) is 10.1 Å². The quantitative estimate of drug-likeness (QED) is 0.0275. The fourth-order valence-electron chi connectivity index (χ4n) is 8.16. The smallest absolute Gasteiger partial charge is 0.266 e. The first-order chi connectivity index (χ1) is 28.2. The minimum Gasteiger partial charge on any atom is -0.391 e.